The van der Waals surface area contributed by atoms with E-state index in [9.17, 15) is 13.2 Å². The Hall–Kier alpha value is -3.62. The monoisotopic (exact) mass is 516 g/mol. The van der Waals surface area contributed by atoms with E-state index < -0.39 is 9.84 Å². The molecular weight excluding hydrogens is 484 g/mol. The number of piperidine rings is 1. The van der Waals surface area contributed by atoms with Crippen LogP contribution in [0.1, 0.15) is 36.8 Å². The van der Waals surface area contributed by atoms with E-state index in [-0.39, 0.29) is 23.0 Å². The summed E-state index contributed by atoms with van der Waals surface area (Å²) in [6.45, 7) is 3.17. The molecule has 3 aromatic rings. The Morgan fingerprint density at radius 2 is 1.68 bits per heavy atom. The Labute approximate surface area is 218 Å². The Morgan fingerprint density at radius 1 is 0.946 bits per heavy atom. The van der Waals surface area contributed by atoms with E-state index in [0.29, 0.717) is 28.2 Å². The molecule has 0 radical (unpaired) electrons. The van der Waals surface area contributed by atoms with E-state index in [2.05, 4.69) is 27.7 Å². The lowest BCUT2D eigenvalue weighted by molar-refractivity contribution is -0.110. The molecule has 0 bridgehead atoms. The predicted octanol–water partition coefficient (Wildman–Crippen LogP) is 4.89. The van der Waals surface area contributed by atoms with E-state index in [0.717, 1.165) is 25.3 Å². The highest BCUT2D eigenvalue weighted by atomic mass is 32.2. The second kappa shape index (κ2) is 10.8. The highest BCUT2D eigenvalue weighted by molar-refractivity contribution is 7.91. The number of rotatable bonds is 8. The van der Waals surface area contributed by atoms with Crippen molar-refractivity contribution in [3.8, 4) is 0 Å². The number of amides is 1. The summed E-state index contributed by atoms with van der Waals surface area (Å²) in [5.74, 6) is -0.414. The zero-order valence-electron chi connectivity index (χ0n) is 20.7. The van der Waals surface area contributed by atoms with Crippen LogP contribution in [0.25, 0.3) is 5.57 Å². The average Bonchev–Trinajstić information content (AvgIpc) is 3.23. The third-order valence-electron chi connectivity index (χ3n) is 6.92. The Morgan fingerprint density at radius 3 is 2.41 bits per heavy atom. The third-order valence-corrected chi connectivity index (χ3v) is 8.65. The average molecular weight is 517 g/mol. The van der Waals surface area contributed by atoms with Crippen molar-refractivity contribution < 1.29 is 13.2 Å². The third kappa shape index (κ3) is 5.87. The molecule has 0 aromatic heterocycles. The largest absolute Gasteiger partial charge is 0.399 e. The molecule has 37 heavy (non-hydrogen) atoms. The first-order valence-electron chi connectivity index (χ1n) is 12.7. The van der Waals surface area contributed by atoms with Gasteiger partial charge in [0.25, 0.3) is 5.91 Å². The number of likely N-dealkylation sites (tertiary alicyclic amines) is 1. The lowest BCUT2D eigenvalue weighted by atomic mass is 10.0. The van der Waals surface area contributed by atoms with Crippen molar-refractivity contribution in [2.45, 2.75) is 37.1 Å². The first-order valence-corrected chi connectivity index (χ1v) is 14.3. The van der Waals surface area contributed by atoms with Crippen LogP contribution >= 0.6 is 0 Å². The Bertz CT molecular complexity index is 1410. The number of allylic oxidation sites excluding steroid dienone is 1. The van der Waals surface area contributed by atoms with Crippen molar-refractivity contribution >= 4 is 38.4 Å². The number of carbonyl (C=O) groups is 1. The van der Waals surface area contributed by atoms with Gasteiger partial charge in [-0.2, -0.15) is 0 Å². The van der Waals surface area contributed by atoms with Crippen molar-refractivity contribution in [2.24, 2.45) is 0 Å². The molecule has 2 aliphatic heterocycles. The van der Waals surface area contributed by atoms with Crippen LogP contribution in [0.3, 0.4) is 0 Å². The van der Waals surface area contributed by atoms with E-state index in [4.69, 9.17) is 5.73 Å². The summed E-state index contributed by atoms with van der Waals surface area (Å²) in [6.07, 6.45) is 3.94. The predicted molar refractivity (Wildman–Crippen MR) is 149 cm³/mol. The van der Waals surface area contributed by atoms with Crippen molar-refractivity contribution in [3.05, 3.63) is 89.6 Å². The molecule has 4 N–H and O–H groups in total. The van der Waals surface area contributed by atoms with Gasteiger partial charge in [-0.05, 0) is 74.0 Å². The van der Waals surface area contributed by atoms with Crippen molar-refractivity contribution in [2.75, 3.05) is 35.2 Å². The Balaban J connectivity index is 1.43. The number of anilines is 3. The number of nitrogens with zero attached hydrogens (tertiary/aromatic N) is 1. The van der Waals surface area contributed by atoms with Gasteiger partial charge in [-0.15, -0.1) is 0 Å². The molecule has 7 nitrogen and oxygen atoms in total. The second-order valence-corrected chi connectivity index (χ2v) is 11.8. The topological polar surface area (TPSA) is 105 Å². The molecule has 0 unspecified atom stereocenters. The summed E-state index contributed by atoms with van der Waals surface area (Å²) in [7, 11) is -3.54. The summed E-state index contributed by atoms with van der Waals surface area (Å²) < 4.78 is 26.1. The number of carbonyl (C=O) groups excluding carboxylic acids is 1. The molecule has 5 rings (SSSR count). The number of nitrogens with two attached hydrogens (primary N) is 1. The maximum atomic E-state index is 13.0. The highest BCUT2D eigenvalue weighted by Gasteiger charge is 2.29. The SMILES string of the molecule is Nc1ccc2c(c1)/C(=C(\CCS(=O)(=O)c1ccccc1)Nc1ccc(CN3CCCCC3)cc1)C(=O)N2. The summed E-state index contributed by atoms with van der Waals surface area (Å²) >= 11 is 0. The Kier molecular flexibility index (Phi) is 7.30. The quantitative estimate of drug-likeness (QED) is 0.291. The standard InChI is InChI=1S/C29H32N4O3S/c30-22-11-14-26-25(19-22)28(29(34)32-26)27(15-18-37(35,36)24-7-3-1-4-8-24)31-23-12-9-21(10-13-23)20-33-16-5-2-6-17-33/h1,3-4,7-14,19,31H,2,5-6,15-18,20,30H2,(H,32,34)/b28-27-. The molecule has 1 saturated heterocycles. The van der Waals surface area contributed by atoms with Crippen LogP contribution in [0, 0.1) is 0 Å². The lowest BCUT2D eigenvalue weighted by Gasteiger charge is -2.26. The maximum absolute atomic E-state index is 13.0. The molecule has 0 atom stereocenters. The van der Waals surface area contributed by atoms with Crippen LogP contribution in [0.15, 0.2) is 83.4 Å². The molecular formula is C29H32N4O3S. The zero-order chi connectivity index (χ0) is 25.8. The number of hydrogen-bond donors (Lipinski definition) is 3. The molecule has 1 amide bonds. The molecule has 8 heteroatoms. The smallest absolute Gasteiger partial charge is 0.258 e. The van der Waals surface area contributed by atoms with Crippen LogP contribution in [-0.4, -0.2) is 38.1 Å². The van der Waals surface area contributed by atoms with Gasteiger partial charge in [0.15, 0.2) is 9.84 Å². The second-order valence-electron chi connectivity index (χ2n) is 9.65. The van der Waals surface area contributed by atoms with Crippen LogP contribution < -0.4 is 16.4 Å². The zero-order valence-corrected chi connectivity index (χ0v) is 21.6. The molecule has 0 spiro atoms. The van der Waals surface area contributed by atoms with Gasteiger partial charge in [0.05, 0.1) is 16.2 Å². The van der Waals surface area contributed by atoms with E-state index in [1.165, 1.54) is 24.8 Å². The van der Waals surface area contributed by atoms with E-state index >= 15 is 0 Å². The number of nitrogens with one attached hydrogen (secondary N) is 2. The minimum absolute atomic E-state index is 0.138. The van der Waals surface area contributed by atoms with Crippen LogP contribution in [0.2, 0.25) is 0 Å². The molecule has 0 saturated carbocycles. The minimum atomic E-state index is -3.54. The normalized spacial score (nSPS) is 17.2. The first kappa shape index (κ1) is 25.0. The number of benzene rings is 3. The van der Waals surface area contributed by atoms with Crippen LogP contribution in [-0.2, 0) is 21.2 Å². The van der Waals surface area contributed by atoms with Gasteiger partial charge in [0.1, 0.15) is 0 Å². The number of nitrogen functional groups attached to an aromatic ring is 1. The first-order chi connectivity index (χ1) is 17.9. The summed E-state index contributed by atoms with van der Waals surface area (Å²) in [4.78, 5) is 15.8. The van der Waals surface area contributed by atoms with Gasteiger partial charge >= 0.3 is 0 Å². The van der Waals surface area contributed by atoms with Crippen molar-refractivity contribution in [1.82, 2.24) is 4.90 Å². The van der Waals surface area contributed by atoms with Gasteiger partial charge in [0, 0.05) is 41.3 Å². The van der Waals surface area contributed by atoms with E-state index in [1.54, 1.807) is 48.5 Å². The highest BCUT2D eigenvalue weighted by Crippen LogP contribution is 2.36. The number of sulfone groups is 1. The summed E-state index contributed by atoms with van der Waals surface area (Å²) in [5.41, 5.74) is 10.9. The molecule has 2 aliphatic rings. The van der Waals surface area contributed by atoms with Gasteiger partial charge in [0.2, 0.25) is 0 Å². The molecule has 1 fully saturated rings. The number of hydrogen-bond acceptors (Lipinski definition) is 6. The molecule has 0 aliphatic carbocycles. The van der Waals surface area contributed by atoms with Gasteiger partial charge in [-0.3, -0.25) is 9.69 Å². The van der Waals surface area contributed by atoms with Crippen molar-refractivity contribution in [3.63, 3.8) is 0 Å². The minimum Gasteiger partial charge on any atom is -0.399 e. The summed E-state index contributed by atoms with van der Waals surface area (Å²) in [5, 5.41) is 6.24. The summed E-state index contributed by atoms with van der Waals surface area (Å²) in [6, 6.07) is 21.8. The number of fused-ring (bicyclic) bond motifs is 1. The lowest BCUT2D eigenvalue weighted by Crippen LogP contribution is -2.29. The van der Waals surface area contributed by atoms with E-state index in [1.807, 2.05) is 12.1 Å². The van der Waals surface area contributed by atoms with Gasteiger partial charge in [-0.1, -0.05) is 36.8 Å². The maximum Gasteiger partial charge on any atom is 0.258 e. The fourth-order valence-corrected chi connectivity index (χ4v) is 6.24. The fraction of sp³-hybridized carbons (Fsp3) is 0.276. The van der Waals surface area contributed by atoms with Crippen LogP contribution in [0.4, 0.5) is 17.1 Å². The molecule has 2 heterocycles. The van der Waals surface area contributed by atoms with Crippen molar-refractivity contribution in [1.29, 1.82) is 0 Å². The van der Waals surface area contributed by atoms with Gasteiger partial charge in [-0.25, -0.2) is 8.42 Å². The van der Waals surface area contributed by atoms with Gasteiger partial charge < -0.3 is 16.4 Å². The molecule has 3 aromatic carbocycles. The molecule has 192 valence electrons. The fourth-order valence-electron chi connectivity index (χ4n) is 4.96. The van der Waals surface area contributed by atoms with Crippen LogP contribution in [0.5, 0.6) is 0 Å².